The Morgan fingerprint density at radius 1 is 1.31 bits per heavy atom. The Morgan fingerprint density at radius 2 is 2.10 bits per heavy atom. The molecule has 0 saturated heterocycles. The van der Waals surface area contributed by atoms with Crippen LogP contribution in [0, 0.1) is 18.3 Å². The van der Waals surface area contributed by atoms with Gasteiger partial charge in [0.2, 0.25) is 6.79 Å². The Kier molecular flexibility index (Phi) is 5.47. The monoisotopic (exact) mass is 410 g/mol. The molecule has 0 radical (unpaired) electrons. The van der Waals surface area contributed by atoms with Crippen LogP contribution in [0.5, 0.6) is 11.5 Å². The summed E-state index contributed by atoms with van der Waals surface area (Å²) < 4.78 is 13.0. The van der Waals surface area contributed by atoms with E-state index in [-0.39, 0.29) is 6.79 Å². The van der Waals surface area contributed by atoms with Crippen LogP contribution in [0.4, 0.5) is 5.82 Å². The standard InChI is InChI=1S/C20H22N6O2S/c1-4-13-7-14-15(28-11-27-14)8-16(13)29-20-25-17-18(21)23-10-24-19(17)26(20)6-5-22-9-12(2)3/h1,7-8,10,12,22H,5-6,9,11H2,2-3H3,(H2,21,23,24). The topological polar surface area (TPSA) is 100 Å². The first kappa shape index (κ1) is 19.4. The van der Waals surface area contributed by atoms with Crippen LogP contribution in [0.2, 0.25) is 0 Å². The van der Waals surface area contributed by atoms with Crippen LogP contribution in [0.3, 0.4) is 0 Å². The van der Waals surface area contributed by atoms with Crippen molar-refractivity contribution in [1.29, 1.82) is 0 Å². The molecule has 0 atom stereocenters. The van der Waals surface area contributed by atoms with Gasteiger partial charge in [-0.3, -0.25) is 0 Å². The summed E-state index contributed by atoms with van der Waals surface area (Å²) in [5.74, 6) is 4.98. The zero-order valence-electron chi connectivity index (χ0n) is 16.3. The van der Waals surface area contributed by atoms with Gasteiger partial charge in [0, 0.05) is 29.6 Å². The second-order valence-electron chi connectivity index (χ2n) is 7.02. The van der Waals surface area contributed by atoms with Gasteiger partial charge in [0.05, 0.1) is 0 Å². The van der Waals surface area contributed by atoms with E-state index in [0.717, 1.165) is 28.7 Å². The molecule has 1 aliphatic rings. The van der Waals surface area contributed by atoms with E-state index in [1.807, 2.05) is 16.7 Å². The second-order valence-corrected chi connectivity index (χ2v) is 8.03. The Bertz CT molecular complexity index is 1090. The zero-order valence-corrected chi connectivity index (χ0v) is 17.1. The molecule has 4 rings (SSSR count). The van der Waals surface area contributed by atoms with Crippen molar-refractivity contribution in [2.24, 2.45) is 5.92 Å². The van der Waals surface area contributed by atoms with E-state index in [4.69, 9.17) is 26.6 Å². The minimum absolute atomic E-state index is 0.194. The summed E-state index contributed by atoms with van der Waals surface area (Å²) >= 11 is 1.45. The largest absolute Gasteiger partial charge is 0.454 e. The first-order valence-electron chi connectivity index (χ1n) is 9.32. The highest BCUT2D eigenvalue weighted by Crippen LogP contribution is 2.40. The van der Waals surface area contributed by atoms with Crippen molar-refractivity contribution in [2.75, 3.05) is 25.6 Å². The number of benzene rings is 1. The molecule has 3 N–H and O–H groups in total. The van der Waals surface area contributed by atoms with Crippen molar-refractivity contribution in [3.05, 3.63) is 24.0 Å². The SMILES string of the molecule is C#Cc1cc2c(cc1Sc1nc3c(N)ncnc3n1CCNCC(C)C)OCO2. The highest BCUT2D eigenvalue weighted by Gasteiger charge is 2.21. The molecular weight excluding hydrogens is 388 g/mol. The Balaban J connectivity index is 1.69. The summed E-state index contributed by atoms with van der Waals surface area (Å²) in [4.78, 5) is 14.0. The lowest BCUT2D eigenvalue weighted by Gasteiger charge is -2.11. The minimum atomic E-state index is 0.194. The van der Waals surface area contributed by atoms with Crippen LogP contribution in [0.25, 0.3) is 11.2 Å². The molecule has 1 aromatic carbocycles. The highest BCUT2D eigenvalue weighted by atomic mass is 32.2. The Labute approximate surface area is 173 Å². The third-order valence-corrected chi connectivity index (χ3v) is 5.47. The molecule has 2 aromatic heterocycles. The van der Waals surface area contributed by atoms with Crippen LogP contribution in [0.1, 0.15) is 19.4 Å². The maximum absolute atomic E-state index is 6.04. The normalized spacial score (nSPS) is 12.6. The Morgan fingerprint density at radius 3 is 2.86 bits per heavy atom. The number of rotatable bonds is 7. The van der Waals surface area contributed by atoms with Crippen molar-refractivity contribution in [3.8, 4) is 23.8 Å². The Hall–Kier alpha value is -2.96. The highest BCUT2D eigenvalue weighted by molar-refractivity contribution is 7.99. The summed E-state index contributed by atoms with van der Waals surface area (Å²) in [6.07, 6.45) is 7.18. The molecule has 9 heteroatoms. The van der Waals surface area contributed by atoms with Gasteiger partial charge < -0.3 is 25.1 Å². The fourth-order valence-corrected chi connectivity index (χ4v) is 4.03. The zero-order chi connectivity index (χ0) is 20.4. The average molecular weight is 411 g/mol. The molecule has 0 saturated carbocycles. The van der Waals surface area contributed by atoms with E-state index in [1.54, 1.807) is 0 Å². The molecule has 0 amide bonds. The smallest absolute Gasteiger partial charge is 0.231 e. The number of ether oxygens (including phenoxy) is 2. The number of nitrogens with two attached hydrogens (primary N) is 1. The number of imidazole rings is 1. The van der Waals surface area contributed by atoms with Crippen molar-refractivity contribution >= 4 is 28.7 Å². The molecular formula is C20H22N6O2S. The van der Waals surface area contributed by atoms with Crippen LogP contribution in [0.15, 0.2) is 28.5 Å². The van der Waals surface area contributed by atoms with Gasteiger partial charge in [0.1, 0.15) is 6.33 Å². The van der Waals surface area contributed by atoms with Gasteiger partial charge >= 0.3 is 0 Å². The van der Waals surface area contributed by atoms with Crippen molar-refractivity contribution in [3.63, 3.8) is 0 Å². The van der Waals surface area contributed by atoms with E-state index < -0.39 is 0 Å². The molecule has 1 aliphatic heterocycles. The summed E-state index contributed by atoms with van der Waals surface area (Å²) in [5.41, 5.74) is 8.04. The fraction of sp³-hybridized carbons (Fsp3) is 0.350. The van der Waals surface area contributed by atoms with E-state index in [1.165, 1.54) is 18.1 Å². The first-order chi connectivity index (χ1) is 14.1. The molecule has 3 heterocycles. The maximum Gasteiger partial charge on any atom is 0.231 e. The average Bonchev–Trinajstić information content (AvgIpc) is 3.29. The van der Waals surface area contributed by atoms with Gasteiger partial charge in [0.25, 0.3) is 0 Å². The molecule has 8 nitrogen and oxygen atoms in total. The number of anilines is 1. The van der Waals surface area contributed by atoms with Gasteiger partial charge in [-0.05, 0) is 18.5 Å². The molecule has 0 bridgehead atoms. The third-order valence-electron chi connectivity index (χ3n) is 4.42. The summed E-state index contributed by atoms with van der Waals surface area (Å²) in [7, 11) is 0. The molecule has 0 spiro atoms. The van der Waals surface area contributed by atoms with E-state index >= 15 is 0 Å². The minimum Gasteiger partial charge on any atom is -0.454 e. The van der Waals surface area contributed by atoms with Gasteiger partial charge in [-0.15, -0.1) is 6.42 Å². The van der Waals surface area contributed by atoms with Crippen LogP contribution in [-0.2, 0) is 6.54 Å². The molecule has 0 fully saturated rings. The number of hydrogen-bond acceptors (Lipinski definition) is 8. The lowest BCUT2D eigenvalue weighted by molar-refractivity contribution is 0.174. The summed E-state index contributed by atoms with van der Waals surface area (Å²) in [6.45, 7) is 6.96. The fourth-order valence-electron chi connectivity index (χ4n) is 3.01. The van der Waals surface area contributed by atoms with Crippen molar-refractivity contribution in [2.45, 2.75) is 30.4 Å². The number of nitrogen functional groups attached to an aromatic ring is 1. The lowest BCUT2D eigenvalue weighted by atomic mass is 10.2. The van der Waals surface area contributed by atoms with Crippen LogP contribution >= 0.6 is 11.8 Å². The second kappa shape index (κ2) is 8.19. The summed E-state index contributed by atoms with van der Waals surface area (Å²) in [5, 5.41) is 4.19. The maximum atomic E-state index is 6.04. The first-order valence-corrected chi connectivity index (χ1v) is 10.1. The predicted molar refractivity (Wildman–Crippen MR) is 112 cm³/mol. The van der Waals surface area contributed by atoms with Gasteiger partial charge in [-0.25, -0.2) is 15.0 Å². The van der Waals surface area contributed by atoms with E-state index in [2.05, 4.69) is 35.1 Å². The van der Waals surface area contributed by atoms with Gasteiger partial charge in [0.15, 0.2) is 33.6 Å². The molecule has 0 unspecified atom stereocenters. The number of hydrogen-bond donors (Lipinski definition) is 2. The van der Waals surface area contributed by atoms with Crippen molar-refractivity contribution in [1.82, 2.24) is 24.8 Å². The number of aromatic nitrogens is 4. The lowest BCUT2D eigenvalue weighted by Crippen LogP contribution is -2.24. The van der Waals surface area contributed by atoms with Crippen LogP contribution in [-0.4, -0.2) is 39.4 Å². The molecule has 0 aliphatic carbocycles. The van der Waals surface area contributed by atoms with Gasteiger partial charge in [-0.2, -0.15) is 0 Å². The van der Waals surface area contributed by atoms with Crippen molar-refractivity contribution < 1.29 is 9.47 Å². The van der Waals surface area contributed by atoms with Crippen LogP contribution < -0.4 is 20.5 Å². The third kappa shape index (κ3) is 3.95. The number of fused-ring (bicyclic) bond motifs is 2. The molecule has 29 heavy (non-hydrogen) atoms. The number of nitrogens with zero attached hydrogens (tertiary/aromatic N) is 4. The summed E-state index contributed by atoms with van der Waals surface area (Å²) in [6, 6.07) is 3.70. The molecule has 150 valence electrons. The van der Waals surface area contributed by atoms with E-state index in [0.29, 0.717) is 40.9 Å². The number of terminal acetylenes is 1. The quantitative estimate of drug-likeness (QED) is 0.453. The van der Waals surface area contributed by atoms with Gasteiger partial charge in [-0.1, -0.05) is 31.5 Å². The molecule has 3 aromatic rings. The van der Waals surface area contributed by atoms with E-state index in [9.17, 15) is 0 Å². The predicted octanol–water partition coefficient (Wildman–Crippen LogP) is 2.52. The number of nitrogens with one attached hydrogen (secondary N) is 1.